The van der Waals surface area contributed by atoms with Crippen LogP contribution in [0, 0.1) is 0 Å². The topological polar surface area (TPSA) is 29.5 Å². The number of aliphatic hydroxyl groups is 1. The number of alkyl halides is 1. The second-order valence-electron chi connectivity index (χ2n) is 4.76. The number of halogens is 1. The number of aliphatic hydroxyl groups excluding tert-OH is 1. The lowest BCUT2D eigenvalue weighted by molar-refractivity contribution is 0.0312. The Morgan fingerprint density at radius 3 is 2.50 bits per heavy atom. The van der Waals surface area contributed by atoms with Crippen LogP contribution < -0.4 is 0 Å². The van der Waals surface area contributed by atoms with Gasteiger partial charge >= 0.3 is 0 Å². The second kappa shape index (κ2) is 4.61. The van der Waals surface area contributed by atoms with E-state index < -0.39 is 13.0 Å². The van der Waals surface area contributed by atoms with Crippen molar-refractivity contribution in [3.8, 4) is 0 Å². The van der Waals surface area contributed by atoms with Gasteiger partial charge in [-0.15, -0.1) is 24.8 Å². The maximum Gasteiger partial charge on any atom is 0.141 e. The summed E-state index contributed by atoms with van der Waals surface area (Å²) in [5.41, 5.74) is 0. The minimum atomic E-state index is -1.02. The van der Waals surface area contributed by atoms with Crippen molar-refractivity contribution in [2.24, 2.45) is 0 Å². The molecule has 0 saturated carbocycles. The first kappa shape index (κ1) is 12.6. The SMILES string of the molecule is B[C@@H]1O[C@H](CCP(=C)(C)C)[C@@H](O)C1Cl. The Bertz CT molecular complexity index is 243. The van der Waals surface area contributed by atoms with Crippen molar-refractivity contribution in [3.63, 3.8) is 0 Å². The van der Waals surface area contributed by atoms with E-state index >= 15 is 0 Å². The molecule has 1 unspecified atom stereocenters. The predicted molar refractivity (Wildman–Crippen MR) is 68.2 cm³/mol. The summed E-state index contributed by atoms with van der Waals surface area (Å²) in [5, 5.41) is 9.50. The second-order valence-corrected chi connectivity index (χ2v) is 9.59. The van der Waals surface area contributed by atoms with Gasteiger partial charge in [0.2, 0.25) is 0 Å². The van der Waals surface area contributed by atoms with Crippen LogP contribution in [0.15, 0.2) is 0 Å². The Morgan fingerprint density at radius 1 is 1.57 bits per heavy atom. The van der Waals surface area contributed by atoms with E-state index in [1.807, 2.05) is 7.85 Å². The van der Waals surface area contributed by atoms with Gasteiger partial charge in [0.05, 0.1) is 17.6 Å². The van der Waals surface area contributed by atoms with Gasteiger partial charge in [-0.3, -0.25) is 0 Å². The van der Waals surface area contributed by atoms with Crippen molar-refractivity contribution in [2.45, 2.75) is 30.0 Å². The summed E-state index contributed by atoms with van der Waals surface area (Å²) in [4.78, 5) is 0. The molecule has 1 rings (SSSR count). The van der Waals surface area contributed by atoms with Crippen molar-refractivity contribution in [3.05, 3.63) is 0 Å². The Balaban J connectivity index is 2.44. The van der Waals surface area contributed by atoms with E-state index in [0.29, 0.717) is 0 Å². The maximum atomic E-state index is 9.76. The molecule has 0 amide bonds. The van der Waals surface area contributed by atoms with Crippen LogP contribution in [0.4, 0.5) is 0 Å². The molecule has 5 heteroatoms. The molecule has 1 fully saturated rings. The number of hydrogen-bond donors (Lipinski definition) is 1. The van der Waals surface area contributed by atoms with E-state index in [-0.39, 0.29) is 17.5 Å². The lowest BCUT2D eigenvalue weighted by Gasteiger charge is -2.18. The third kappa shape index (κ3) is 3.31. The van der Waals surface area contributed by atoms with E-state index in [0.717, 1.165) is 12.6 Å². The largest absolute Gasteiger partial charge is 0.389 e. The standard InChI is InChI=1S/C9H19BClO2P/c1-14(2,3)5-4-6-8(12)7(11)9(10)13-6/h6-9,12H,1,4-5,10H2,2-3H3/t6-,7?,8-,9-/m1/s1. The molecule has 0 bridgehead atoms. The van der Waals surface area contributed by atoms with Crippen LogP contribution >= 0.6 is 18.5 Å². The maximum absolute atomic E-state index is 9.76. The number of hydrogen-bond acceptors (Lipinski definition) is 2. The zero-order valence-corrected chi connectivity index (χ0v) is 10.8. The van der Waals surface area contributed by atoms with Gasteiger partial charge in [0.15, 0.2) is 0 Å². The molecule has 1 N–H and O–H groups in total. The van der Waals surface area contributed by atoms with E-state index in [1.165, 1.54) is 0 Å². The first-order valence-electron chi connectivity index (χ1n) is 4.96. The lowest BCUT2D eigenvalue weighted by Crippen LogP contribution is -2.28. The highest BCUT2D eigenvalue weighted by atomic mass is 35.5. The Labute approximate surface area is 92.4 Å². The van der Waals surface area contributed by atoms with Crippen LogP contribution in [0.25, 0.3) is 0 Å². The highest BCUT2D eigenvalue weighted by Gasteiger charge is 2.39. The summed E-state index contributed by atoms with van der Waals surface area (Å²) in [7, 11) is 1.91. The molecule has 0 spiro atoms. The average molecular weight is 236 g/mol. The van der Waals surface area contributed by atoms with Crippen molar-refractivity contribution in [1.82, 2.24) is 0 Å². The molecule has 1 saturated heterocycles. The number of rotatable bonds is 3. The molecule has 1 heterocycles. The zero-order chi connectivity index (χ0) is 10.9. The first-order chi connectivity index (χ1) is 6.31. The van der Waals surface area contributed by atoms with Crippen LogP contribution in [-0.2, 0) is 4.74 Å². The summed E-state index contributed by atoms with van der Waals surface area (Å²) in [6, 6.07) is -0.0390. The molecule has 82 valence electrons. The van der Waals surface area contributed by atoms with Crippen LogP contribution in [0.3, 0.4) is 0 Å². The molecule has 4 atom stereocenters. The molecule has 14 heavy (non-hydrogen) atoms. The molecule has 0 radical (unpaired) electrons. The van der Waals surface area contributed by atoms with E-state index in [2.05, 4.69) is 19.6 Å². The van der Waals surface area contributed by atoms with Crippen molar-refractivity contribution in [1.29, 1.82) is 0 Å². The van der Waals surface area contributed by atoms with Gasteiger partial charge in [0.25, 0.3) is 0 Å². The molecule has 0 aliphatic carbocycles. The third-order valence-electron chi connectivity index (χ3n) is 2.56. The summed E-state index contributed by atoms with van der Waals surface area (Å²) >= 11 is 5.98. The molecule has 0 aromatic rings. The zero-order valence-electron chi connectivity index (χ0n) is 9.11. The minimum absolute atomic E-state index is 0.0390. The van der Waals surface area contributed by atoms with Crippen molar-refractivity contribution in [2.75, 3.05) is 19.5 Å². The highest BCUT2D eigenvalue weighted by molar-refractivity contribution is 7.72. The molecular formula is C9H19BClO2P. The van der Waals surface area contributed by atoms with Gasteiger partial charge in [-0.1, -0.05) is 0 Å². The van der Waals surface area contributed by atoms with Crippen molar-refractivity contribution >= 4 is 32.6 Å². The van der Waals surface area contributed by atoms with E-state index in [1.54, 1.807) is 0 Å². The Kier molecular flexibility index (Phi) is 4.16. The molecule has 1 aliphatic heterocycles. The van der Waals surface area contributed by atoms with Gasteiger partial charge in [0.1, 0.15) is 7.85 Å². The molecule has 0 aromatic heterocycles. The summed E-state index contributed by atoms with van der Waals surface area (Å²) in [6.07, 6.45) is 5.45. The predicted octanol–water partition coefficient (Wildman–Crippen LogP) is 0.412. The van der Waals surface area contributed by atoms with Crippen LogP contribution in [0.2, 0.25) is 0 Å². The van der Waals surface area contributed by atoms with Crippen molar-refractivity contribution < 1.29 is 9.84 Å². The Morgan fingerprint density at radius 2 is 2.14 bits per heavy atom. The average Bonchev–Trinajstić information content (AvgIpc) is 2.28. The van der Waals surface area contributed by atoms with Gasteiger partial charge in [-0.25, -0.2) is 0 Å². The third-order valence-corrected chi connectivity index (χ3v) is 4.65. The van der Waals surface area contributed by atoms with Crippen LogP contribution in [0.5, 0.6) is 0 Å². The minimum Gasteiger partial charge on any atom is -0.389 e. The summed E-state index contributed by atoms with van der Waals surface area (Å²) in [6.45, 7) is 3.36. The fourth-order valence-electron chi connectivity index (χ4n) is 1.63. The van der Waals surface area contributed by atoms with E-state index in [9.17, 15) is 5.11 Å². The van der Waals surface area contributed by atoms with Crippen LogP contribution in [-0.4, -0.2) is 62.3 Å². The quantitative estimate of drug-likeness (QED) is 0.437. The lowest BCUT2D eigenvalue weighted by atomic mass is 9.95. The molecular weight excluding hydrogens is 217 g/mol. The molecule has 2 nitrogen and oxygen atoms in total. The monoisotopic (exact) mass is 236 g/mol. The molecule has 0 aromatic carbocycles. The fraction of sp³-hybridized carbons (Fsp3) is 0.889. The first-order valence-corrected chi connectivity index (χ1v) is 8.45. The molecule has 1 aliphatic rings. The van der Waals surface area contributed by atoms with Gasteiger partial charge in [0, 0.05) is 6.00 Å². The van der Waals surface area contributed by atoms with Gasteiger partial charge in [-0.2, -0.15) is 0 Å². The summed E-state index contributed by atoms with van der Waals surface area (Å²) < 4.78 is 5.59. The number of ether oxygens (including phenoxy) is 1. The fourth-order valence-corrected chi connectivity index (χ4v) is 2.80. The van der Waals surface area contributed by atoms with Gasteiger partial charge < -0.3 is 9.84 Å². The van der Waals surface area contributed by atoms with Crippen LogP contribution in [0.1, 0.15) is 6.42 Å². The van der Waals surface area contributed by atoms with E-state index in [4.69, 9.17) is 16.3 Å². The summed E-state index contributed by atoms with van der Waals surface area (Å²) in [5.74, 6) is 0. The smallest absolute Gasteiger partial charge is 0.141 e. The highest BCUT2D eigenvalue weighted by Crippen LogP contribution is 2.38. The normalized spacial score (nSPS) is 38.9. The Hall–Kier alpha value is 0.575. The van der Waals surface area contributed by atoms with Gasteiger partial charge in [-0.05, 0) is 25.9 Å².